The summed E-state index contributed by atoms with van der Waals surface area (Å²) in [6.45, 7) is -0.0780. The van der Waals surface area contributed by atoms with Crippen LogP contribution in [0.25, 0.3) is 0 Å². The second-order valence-electron chi connectivity index (χ2n) is 3.11. The van der Waals surface area contributed by atoms with Crippen LogP contribution in [0.3, 0.4) is 0 Å². The third kappa shape index (κ3) is 3.30. The van der Waals surface area contributed by atoms with Gasteiger partial charge in [0.2, 0.25) is 0 Å². The summed E-state index contributed by atoms with van der Waals surface area (Å²) >= 11 is 3.17. The summed E-state index contributed by atoms with van der Waals surface area (Å²) < 4.78 is 5.12. The molecule has 0 aromatic carbocycles. The third-order valence-electron chi connectivity index (χ3n) is 1.91. The van der Waals surface area contributed by atoms with Gasteiger partial charge in [0.25, 0.3) is 5.91 Å². The SMILES string of the molecule is COC(=O)CN(C)C(=O)c1ccc(Br)nc1. The Morgan fingerprint density at radius 1 is 1.50 bits per heavy atom. The van der Waals surface area contributed by atoms with Crippen molar-refractivity contribution < 1.29 is 14.3 Å². The van der Waals surface area contributed by atoms with Crippen molar-refractivity contribution in [3.05, 3.63) is 28.5 Å². The average Bonchev–Trinajstić information content (AvgIpc) is 2.28. The van der Waals surface area contributed by atoms with E-state index in [1.165, 1.54) is 25.3 Å². The van der Waals surface area contributed by atoms with Crippen molar-refractivity contribution in [3.63, 3.8) is 0 Å². The molecule has 0 aliphatic heterocycles. The normalized spacial score (nSPS) is 9.69. The molecule has 16 heavy (non-hydrogen) atoms. The van der Waals surface area contributed by atoms with Crippen molar-refractivity contribution in [1.29, 1.82) is 0 Å². The highest BCUT2D eigenvalue weighted by atomic mass is 79.9. The minimum atomic E-state index is -0.457. The van der Waals surface area contributed by atoms with Crippen LogP contribution in [0.2, 0.25) is 0 Å². The molecule has 0 radical (unpaired) electrons. The van der Waals surface area contributed by atoms with E-state index in [2.05, 4.69) is 25.7 Å². The highest BCUT2D eigenvalue weighted by Gasteiger charge is 2.15. The highest BCUT2D eigenvalue weighted by Crippen LogP contribution is 2.08. The smallest absolute Gasteiger partial charge is 0.325 e. The summed E-state index contributed by atoms with van der Waals surface area (Å²) in [6, 6.07) is 3.30. The maximum absolute atomic E-state index is 11.8. The first-order valence-electron chi connectivity index (χ1n) is 4.48. The molecule has 1 aromatic rings. The van der Waals surface area contributed by atoms with Crippen LogP contribution in [0, 0.1) is 0 Å². The van der Waals surface area contributed by atoms with Crippen LogP contribution < -0.4 is 0 Å². The minimum absolute atomic E-state index is 0.0780. The molecular formula is C10H11BrN2O3. The monoisotopic (exact) mass is 286 g/mol. The van der Waals surface area contributed by atoms with Crippen molar-refractivity contribution in [2.24, 2.45) is 0 Å². The van der Waals surface area contributed by atoms with Gasteiger partial charge in [-0.05, 0) is 28.1 Å². The van der Waals surface area contributed by atoms with Crippen LogP contribution >= 0.6 is 15.9 Å². The number of amides is 1. The number of esters is 1. The number of rotatable bonds is 3. The lowest BCUT2D eigenvalue weighted by molar-refractivity contribution is -0.141. The Bertz CT molecular complexity index is 392. The molecular weight excluding hydrogens is 276 g/mol. The molecule has 0 aliphatic carbocycles. The molecule has 1 heterocycles. The van der Waals surface area contributed by atoms with Crippen molar-refractivity contribution >= 4 is 27.8 Å². The van der Waals surface area contributed by atoms with Gasteiger partial charge in [0.05, 0.1) is 12.7 Å². The van der Waals surface area contributed by atoms with Crippen molar-refractivity contribution in [2.75, 3.05) is 20.7 Å². The number of aromatic nitrogens is 1. The first-order valence-corrected chi connectivity index (χ1v) is 5.27. The fourth-order valence-corrected chi connectivity index (χ4v) is 1.29. The number of hydrogen-bond acceptors (Lipinski definition) is 4. The number of halogens is 1. The maximum Gasteiger partial charge on any atom is 0.325 e. The topological polar surface area (TPSA) is 59.5 Å². The standard InChI is InChI=1S/C10H11BrN2O3/c1-13(6-9(14)16-2)10(15)7-3-4-8(11)12-5-7/h3-5H,6H2,1-2H3. The molecule has 0 aliphatic rings. The molecule has 0 unspecified atom stereocenters. The summed E-state index contributed by atoms with van der Waals surface area (Å²) in [4.78, 5) is 28.0. The Labute approximate surface area is 102 Å². The molecule has 1 rings (SSSR count). The third-order valence-corrected chi connectivity index (χ3v) is 2.38. The largest absolute Gasteiger partial charge is 0.468 e. The first kappa shape index (κ1) is 12.6. The van der Waals surface area contributed by atoms with Crippen molar-refractivity contribution in [1.82, 2.24) is 9.88 Å². The Hall–Kier alpha value is -1.43. The number of ether oxygens (including phenoxy) is 1. The Balaban J connectivity index is 2.70. The van der Waals surface area contributed by atoms with Gasteiger partial charge in [0, 0.05) is 13.2 Å². The van der Waals surface area contributed by atoms with E-state index < -0.39 is 5.97 Å². The summed E-state index contributed by atoms with van der Waals surface area (Å²) in [7, 11) is 2.81. The van der Waals surface area contributed by atoms with Gasteiger partial charge in [-0.25, -0.2) is 4.98 Å². The second kappa shape index (κ2) is 5.60. The van der Waals surface area contributed by atoms with E-state index in [9.17, 15) is 9.59 Å². The fourth-order valence-electron chi connectivity index (χ4n) is 1.05. The van der Waals surface area contributed by atoms with Gasteiger partial charge in [0.1, 0.15) is 11.1 Å². The number of carbonyl (C=O) groups excluding carboxylic acids is 2. The fraction of sp³-hybridized carbons (Fsp3) is 0.300. The molecule has 1 aromatic heterocycles. The predicted octanol–water partition coefficient (Wildman–Crippen LogP) is 1.09. The molecule has 1 amide bonds. The molecule has 0 fully saturated rings. The molecule has 0 saturated heterocycles. The van der Waals surface area contributed by atoms with Gasteiger partial charge in [-0.1, -0.05) is 0 Å². The van der Waals surface area contributed by atoms with Crippen LogP contribution in [0.5, 0.6) is 0 Å². The van der Waals surface area contributed by atoms with Crippen LogP contribution in [0.1, 0.15) is 10.4 Å². The maximum atomic E-state index is 11.8. The van der Waals surface area contributed by atoms with Gasteiger partial charge < -0.3 is 9.64 Å². The van der Waals surface area contributed by atoms with E-state index in [0.29, 0.717) is 10.2 Å². The first-order chi connectivity index (χ1) is 7.54. The molecule has 86 valence electrons. The van der Waals surface area contributed by atoms with E-state index in [1.54, 1.807) is 12.1 Å². The lowest BCUT2D eigenvalue weighted by atomic mass is 10.2. The number of methoxy groups -OCH3 is 1. The van der Waals surface area contributed by atoms with Gasteiger partial charge in [-0.15, -0.1) is 0 Å². The second-order valence-corrected chi connectivity index (χ2v) is 3.92. The average molecular weight is 287 g/mol. The Kier molecular flexibility index (Phi) is 4.42. The molecule has 0 spiro atoms. The zero-order chi connectivity index (χ0) is 12.1. The lowest BCUT2D eigenvalue weighted by Crippen LogP contribution is -2.32. The number of nitrogens with zero attached hydrogens (tertiary/aromatic N) is 2. The Morgan fingerprint density at radius 3 is 2.69 bits per heavy atom. The van der Waals surface area contributed by atoms with Gasteiger partial charge >= 0.3 is 5.97 Å². The number of likely N-dealkylation sites (N-methyl/N-ethyl adjacent to an activating group) is 1. The zero-order valence-electron chi connectivity index (χ0n) is 8.94. The van der Waals surface area contributed by atoms with Crippen molar-refractivity contribution in [3.8, 4) is 0 Å². The van der Waals surface area contributed by atoms with E-state index in [4.69, 9.17) is 0 Å². The van der Waals surface area contributed by atoms with E-state index in [0.717, 1.165) is 0 Å². The summed E-state index contributed by atoms with van der Waals surface area (Å²) in [5.41, 5.74) is 0.426. The summed E-state index contributed by atoms with van der Waals surface area (Å²) in [5.74, 6) is -0.730. The van der Waals surface area contributed by atoms with Gasteiger partial charge in [0.15, 0.2) is 0 Å². The Morgan fingerprint density at radius 2 is 2.19 bits per heavy atom. The molecule has 6 heteroatoms. The number of hydrogen-bond donors (Lipinski definition) is 0. The number of pyridine rings is 1. The molecule has 0 atom stereocenters. The van der Waals surface area contributed by atoms with E-state index >= 15 is 0 Å². The van der Waals surface area contributed by atoms with E-state index in [1.807, 2.05) is 0 Å². The molecule has 0 N–H and O–H groups in total. The summed E-state index contributed by atoms with van der Waals surface area (Å²) in [5, 5.41) is 0. The van der Waals surface area contributed by atoms with Gasteiger partial charge in [-0.2, -0.15) is 0 Å². The molecule has 5 nitrogen and oxygen atoms in total. The van der Waals surface area contributed by atoms with Crippen molar-refractivity contribution in [2.45, 2.75) is 0 Å². The quantitative estimate of drug-likeness (QED) is 0.617. The predicted molar refractivity (Wildman–Crippen MR) is 60.9 cm³/mol. The number of carbonyl (C=O) groups is 2. The lowest BCUT2D eigenvalue weighted by Gasteiger charge is -2.15. The zero-order valence-corrected chi connectivity index (χ0v) is 10.5. The summed E-state index contributed by atoms with van der Waals surface area (Å²) in [6.07, 6.45) is 1.44. The van der Waals surface area contributed by atoms with E-state index in [-0.39, 0.29) is 12.5 Å². The van der Waals surface area contributed by atoms with Crippen LogP contribution in [-0.4, -0.2) is 42.5 Å². The minimum Gasteiger partial charge on any atom is -0.468 e. The highest BCUT2D eigenvalue weighted by molar-refractivity contribution is 9.10. The van der Waals surface area contributed by atoms with Gasteiger partial charge in [-0.3, -0.25) is 9.59 Å². The van der Waals surface area contributed by atoms with Crippen LogP contribution in [-0.2, 0) is 9.53 Å². The molecule has 0 saturated carbocycles. The van der Waals surface area contributed by atoms with Crippen LogP contribution in [0.15, 0.2) is 22.9 Å². The van der Waals surface area contributed by atoms with Crippen LogP contribution in [0.4, 0.5) is 0 Å². The molecule has 0 bridgehead atoms.